The maximum absolute atomic E-state index is 13.0. The number of hydrogen-bond acceptors (Lipinski definition) is 5. The SMILES string of the molecule is CCCCN(C(=O)OC(C)(C)C)c1ncccc1[C@H]1CCCN1C(=O)OC(C)(C)C. The number of aromatic nitrogens is 1. The first-order chi connectivity index (χ1) is 13.9. The lowest BCUT2D eigenvalue weighted by molar-refractivity contribution is 0.0224. The van der Waals surface area contributed by atoms with Crippen LogP contribution in [0.25, 0.3) is 0 Å². The van der Waals surface area contributed by atoms with Gasteiger partial charge in [0.05, 0.1) is 6.04 Å². The van der Waals surface area contributed by atoms with Gasteiger partial charge in [0.2, 0.25) is 0 Å². The molecule has 1 aromatic heterocycles. The fourth-order valence-corrected chi connectivity index (χ4v) is 3.44. The molecule has 1 aliphatic heterocycles. The number of ether oxygens (including phenoxy) is 2. The van der Waals surface area contributed by atoms with Crippen LogP contribution in [0, 0.1) is 0 Å². The second kappa shape index (κ2) is 9.67. The fourth-order valence-electron chi connectivity index (χ4n) is 3.44. The Morgan fingerprint density at radius 1 is 1.17 bits per heavy atom. The molecule has 7 nitrogen and oxygen atoms in total. The van der Waals surface area contributed by atoms with E-state index in [2.05, 4.69) is 11.9 Å². The van der Waals surface area contributed by atoms with E-state index in [1.807, 2.05) is 53.7 Å². The molecule has 2 amide bonds. The number of likely N-dealkylation sites (tertiary alicyclic amines) is 1. The number of amides is 2. The third-order valence-corrected chi connectivity index (χ3v) is 4.66. The maximum atomic E-state index is 13.0. The molecule has 1 fully saturated rings. The topological polar surface area (TPSA) is 72.0 Å². The molecule has 0 unspecified atom stereocenters. The van der Waals surface area contributed by atoms with Crippen molar-refractivity contribution in [2.75, 3.05) is 18.0 Å². The van der Waals surface area contributed by atoms with Gasteiger partial charge in [0.1, 0.15) is 17.0 Å². The van der Waals surface area contributed by atoms with Crippen LogP contribution in [0.5, 0.6) is 0 Å². The van der Waals surface area contributed by atoms with E-state index < -0.39 is 17.3 Å². The van der Waals surface area contributed by atoms with Gasteiger partial charge in [0.15, 0.2) is 0 Å². The first kappa shape index (κ1) is 24.0. The monoisotopic (exact) mass is 419 g/mol. The Balaban J connectivity index is 2.38. The van der Waals surface area contributed by atoms with E-state index in [0.29, 0.717) is 18.9 Å². The average molecular weight is 420 g/mol. The summed E-state index contributed by atoms with van der Waals surface area (Å²) in [5, 5.41) is 0. The first-order valence-corrected chi connectivity index (χ1v) is 10.9. The van der Waals surface area contributed by atoms with Gasteiger partial charge in [-0.15, -0.1) is 0 Å². The number of carbonyl (C=O) groups is 2. The predicted molar refractivity (Wildman–Crippen MR) is 118 cm³/mol. The number of pyridine rings is 1. The summed E-state index contributed by atoms with van der Waals surface area (Å²) in [5.74, 6) is 0.556. The fraction of sp³-hybridized carbons (Fsp3) is 0.696. The normalized spacial score (nSPS) is 17.0. The van der Waals surface area contributed by atoms with E-state index in [1.165, 1.54) is 0 Å². The van der Waals surface area contributed by atoms with E-state index in [9.17, 15) is 9.59 Å². The lowest BCUT2D eigenvalue weighted by atomic mass is 10.0. The van der Waals surface area contributed by atoms with Crippen molar-refractivity contribution in [3.8, 4) is 0 Å². The lowest BCUT2D eigenvalue weighted by Crippen LogP contribution is -2.40. The maximum Gasteiger partial charge on any atom is 0.416 e. The Labute approximate surface area is 180 Å². The molecule has 0 spiro atoms. The van der Waals surface area contributed by atoms with E-state index >= 15 is 0 Å². The molecule has 1 aliphatic rings. The van der Waals surface area contributed by atoms with Gasteiger partial charge in [-0.3, -0.25) is 4.90 Å². The summed E-state index contributed by atoms with van der Waals surface area (Å²) in [5.41, 5.74) is -0.319. The van der Waals surface area contributed by atoms with Crippen LogP contribution >= 0.6 is 0 Å². The van der Waals surface area contributed by atoms with Crippen LogP contribution in [0.3, 0.4) is 0 Å². The van der Waals surface area contributed by atoms with Crippen molar-refractivity contribution < 1.29 is 19.1 Å². The zero-order valence-corrected chi connectivity index (χ0v) is 19.5. The average Bonchev–Trinajstić information content (AvgIpc) is 3.09. The van der Waals surface area contributed by atoms with E-state index in [4.69, 9.17) is 9.47 Å². The largest absolute Gasteiger partial charge is 0.444 e. The van der Waals surface area contributed by atoms with Gasteiger partial charge < -0.3 is 14.4 Å². The Kier molecular flexibility index (Phi) is 7.72. The van der Waals surface area contributed by atoms with E-state index in [-0.39, 0.29) is 12.1 Å². The molecule has 0 bridgehead atoms. The highest BCUT2D eigenvalue weighted by atomic mass is 16.6. The smallest absolute Gasteiger partial charge is 0.416 e. The van der Waals surface area contributed by atoms with Crippen molar-refractivity contribution in [1.82, 2.24) is 9.88 Å². The van der Waals surface area contributed by atoms with Gasteiger partial charge >= 0.3 is 12.2 Å². The van der Waals surface area contributed by atoms with Gasteiger partial charge in [-0.1, -0.05) is 19.4 Å². The van der Waals surface area contributed by atoms with Crippen LogP contribution in [0.1, 0.15) is 85.8 Å². The highest BCUT2D eigenvalue weighted by Gasteiger charge is 2.36. The Hall–Kier alpha value is -2.31. The molecule has 0 radical (unpaired) electrons. The Morgan fingerprint density at radius 3 is 2.43 bits per heavy atom. The molecule has 1 saturated heterocycles. The number of unbranched alkanes of at least 4 members (excludes halogenated alkanes) is 1. The van der Waals surface area contributed by atoms with Gasteiger partial charge in [0.25, 0.3) is 0 Å². The number of hydrogen-bond donors (Lipinski definition) is 0. The molecule has 0 aromatic carbocycles. The summed E-state index contributed by atoms with van der Waals surface area (Å²) in [6, 6.07) is 3.60. The molecule has 2 heterocycles. The molecule has 1 aromatic rings. The standard InChI is InChI=1S/C23H37N3O4/c1-8-9-15-26(21(28)30-23(5,6)7)19-17(12-10-14-24-19)18-13-11-16-25(18)20(27)29-22(2,3)4/h10,12,14,18H,8-9,11,13,15-16H2,1-7H3/t18-/m1/s1. The molecule has 1 atom stereocenters. The third-order valence-electron chi connectivity index (χ3n) is 4.66. The van der Waals surface area contributed by atoms with Gasteiger partial charge in [-0.25, -0.2) is 14.6 Å². The summed E-state index contributed by atoms with van der Waals surface area (Å²) < 4.78 is 11.3. The molecule has 2 rings (SSSR count). The van der Waals surface area contributed by atoms with E-state index in [0.717, 1.165) is 31.2 Å². The molecular weight excluding hydrogens is 382 g/mol. The van der Waals surface area contributed by atoms with Crippen molar-refractivity contribution >= 4 is 18.0 Å². The van der Waals surface area contributed by atoms with Crippen LogP contribution in [0.15, 0.2) is 18.3 Å². The van der Waals surface area contributed by atoms with Crippen molar-refractivity contribution in [3.05, 3.63) is 23.9 Å². The van der Waals surface area contributed by atoms with Gasteiger partial charge in [-0.05, 0) is 66.9 Å². The number of anilines is 1. The number of rotatable bonds is 5. The predicted octanol–water partition coefficient (Wildman–Crippen LogP) is 5.70. The minimum atomic E-state index is -0.605. The summed E-state index contributed by atoms with van der Waals surface area (Å²) in [6.45, 7) is 14.3. The second-order valence-electron chi connectivity index (χ2n) is 9.73. The Bertz CT molecular complexity index is 737. The minimum absolute atomic E-state index is 0.185. The third kappa shape index (κ3) is 6.61. The van der Waals surface area contributed by atoms with Crippen LogP contribution in [-0.4, -0.2) is 46.4 Å². The Morgan fingerprint density at radius 2 is 1.83 bits per heavy atom. The summed E-state index contributed by atoms with van der Waals surface area (Å²) >= 11 is 0. The van der Waals surface area contributed by atoms with Crippen LogP contribution < -0.4 is 4.90 Å². The second-order valence-corrected chi connectivity index (χ2v) is 9.73. The zero-order chi connectivity index (χ0) is 22.5. The lowest BCUT2D eigenvalue weighted by Gasteiger charge is -2.32. The molecule has 168 valence electrons. The van der Waals surface area contributed by atoms with E-state index in [1.54, 1.807) is 16.0 Å². The summed E-state index contributed by atoms with van der Waals surface area (Å²) in [4.78, 5) is 33.7. The van der Waals surface area contributed by atoms with Crippen molar-refractivity contribution in [3.63, 3.8) is 0 Å². The zero-order valence-electron chi connectivity index (χ0n) is 19.5. The molecular formula is C23H37N3O4. The highest BCUT2D eigenvalue weighted by molar-refractivity contribution is 5.87. The summed E-state index contributed by atoms with van der Waals surface area (Å²) in [7, 11) is 0. The van der Waals surface area contributed by atoms with Crippen molar-refractivity contribution in [2.24, 2.45) is 0 Å². The van der Waals surface area contributed by atoms with Crippen LogP contribution in [0.2, 0.25) is 0 Å². The molecule has 7 heteroatoms. The van der Waals surface area contributed by atoms with Gasteiger partial charge in [0, 0.05) is 24.8 Å². The molecule has 0 saturated carbocycles. The molecule has 0 aliphatic carbocycles. The highest BCUT2D eigenvalue weighted by Crippen LogP contribution is 2.37. The molecule has 0 N–H and O–H groups in total. The van der Waals surface area contributed by atoms with Crippen LogP contribution in [-0.2, 0) is 9.47 Å². The van der Waals surface area contributed by atoms with Crippen molar-refractivity contribution in [1.29, 1.82) is 0 Å². The van der Waals surface area contributed by atoms with Crippen molar-refractivity contribution in [2.45, 2.75) is 91.4 Å². The number of carbonyl (C=O) groups excluding carboxylic acids is 2. The molecule has 30 heavy (non-hydrogen) atoms. The van der Waals surface area contributed by atoms with Gasteiger partial charge in [-0.2, -0.15) is 0 Å². The number of nitrogens with zero attached hydrogens (tertiary/aromatic N) is 3. The van der Waals surface area contributed by atoms with Crippen LogP contribution in [0.4, 0.5) is 15.4 Å². The minimum Gasteiger partial charge on any atom is -0.444 e. The quantitative estimate of drug-likeness (QED) is 0.612. The summed E-state index contributed by atoms with van der Waals surface area (Å²) in [6.07, 6.45) is 4.36. The first-order valence-electron chi connectivity index (χ1n) is 10.9.